The van der Waals surface area contributed by atoms with Gasteiger partial charge in [-0.3, -0.25) is 9.69 Å². The van der Waals surface area contributed by atoms with Gasteiger partial charge in [-0.25, -0.2) is 9.40 Å². The van der Waals surface area contributed by atoms with Crippen LogP contribution in [-0.4, -0.2) is 48.0 Å². The minimum Gasteiger partial charge on any atom is -0.454 e. The normalized spacial score (nSPS) is 19.8. The molecule has 190 valence electrons. The van der Waals surface area contributed by atoms with Crippen LogP contribution in [0.15, 0.2) is 77.9 Å². The lowest BCUT2D eigenvalue weighted by Crippen LogP contribution is -2.42. The maximum absolute atomic E-state index is 14.6. The predicted octanol–water partition coefficient (Wildman–Crippen LogP) is 5.19. The molecule has 3 aliphatic rings. The van der Waals surface area contributed by atoms with E-state index in [9.17, 15) is 9.18 Å². The van der Waals surface area contributed by atoms with E-state index < -0.39 is 0 Å². The van der Waals surface area contributed by atoms with Crippen molar-refractivity contribution in [3.05, 3.63) is 95.3 Å². The van der Waals surface area contributed by atoms with Gasteiger partial charge in [-0.2, -0.15) is 5.10 Å². The third kappa shape index (κ3) is 5.09. The molecule has 0 aliphatic carbocycles. The molecule has 3 aromatic carbocycles. The molecule has 0 radical (unpaired) electrons. The van der Waals surface area contributed by atoms with E-state index in [2.05, 4.69) is 34.3 Å². The van der Waals surface area contributed by atoms with Crippen LogP contribution < -0.4 is 9.47 Å². The number of hydrazone groups is 1. The van der Waals surface area contributed by atoms with Gasteiger partial charge in [0.2, 0.25) is 6.79 Å². The smallest absolute Gasteiger partial charge is 0.257 e. The van der Waals surface area contributed by atoms with Crippen molar-refractivity contribution in [3.63, 3.8) is 0 Å². The number of nitrogens with zero attached hydrogens (tertiary/aromatic N) is 3. The van der Waals surface area contributed by atoms with Crippen LogP contribution in [0.3, 0.4) is 0 Å². The maximum atomic E-state index is 14.6. The zero-order chi connectivity index (χ0) is 25.2. The summed E-state index contributed by atoms with van der Waals surface area (Å²) in [5.41, 5.74) is 3.28. The van der Waals surface area contributed by atoms with E-state index in [-0.39, 0.29) is 24.6 Å². The molecule has 3 aliphatic heterocycles. The average molecular weight is 500 g/mol. The van der Waals surface area contributed by atoms with Crippen LogP contribution in [0.4, 0.5) is 4.39 Å². The largest absolute Gasteiger partial charge is 0.454 e. The van der Waals surface area contributed by atoms with E-state index in [1.54, 1.807) is 23.2 Å². The van der Waals surface area contributed by atoms with Gasteiger partial charge in [0.1, 0.15) is 5.82 Å². The molecule has 37 heavy (non-hydrogen) atoms. The first kappa shape index (κ1) is 23.7. The Morgan fingerprint density at radius 2 is 1.70 bits per heavy atom. The van der Waals surface area contributed by atoms with Gasteiger partial charge in [0.05, 0.1) is 18.3 Å². The number of hydrogen-bond acceptors (Lipinski definition) is 5. The molecule has 1 saturated heterocycles. The Hall–Kier alpha value is -3.71. The number of halogens is 1. The predicted molar refractivity (Wildman–Crippen MR) is 139 cm³/mol. The highest BCUT2D eigenvalue weighted by Crippen LogP contribution is 2.39. The zero-order valence-corrected chi connectivity index (χ0v) is 20.7. The highest BCUT2D eigenvalue weighted by atomic mass is 19.1. The molecule has 1 atom stereocenters. The van der Waals surface area contributed by atoms with Crippen molar-refractivity contribution in [2.45, 2.75) is 31.7 Å². The van der Waals surface area contributed by atoms with Crippen LogP contribution in [0.2, 0.25) is 0 Å². The average Bonchev–Trinajstić information content (AvgIpc) is 3.58. The number of rotatable bonds is 6. The summed E-state index contributed by atoms with van der Waals surface area (Å²) in [6.07, 6.45) is 3.65. The molecule has 0 N–H and O–H groups in total. The lowest BCUT2D eigenvalue weighted by Gasteiger charge is -2.33. The van der Waals surface area contributed by atoms with Gasteiger partial charge in [-0.1, -0.05) is 54.6 Å². The Bertz CT molecular complexity index is 1300. The zero-order valence-electron chi connectivity index (χ0n) is 20.7. The number of piperidine rings is 1. The second-order valence-electron chi connectivity index (χ2n) is 10.0. The molecule has 0 aromatic heterocycles. The van der Waals surface area contributed by atoms with Crippen LogP contribution >= 0.6 is 0 Å². The fourth-order valence-electron chi connectivity index (χ4n) is 5.54. The van der Waals surface area contributed by atoms with Gasteiger partial charge in [0.25, 0.3) is 5.91 Å². The van der Waals surface area contributed by atoms with Crippen molar-refractivity contribution in [1.29, 1.82) is 0 Å². The minimum absolute atomic E-state index is 0.0736. The Balaban J connectivity index is 1.17. The number of carbonyl (C=O) groups is 1. The Morgan fingerprint density at radius 3 is 2.51 bits per heavy atom. The number of benzene rings is 3. The standard InChI is InChI=1S/C30H30FN3O3/c31-25-9-5-4-8-24(25)26-18-27(23-10-11-28-29(17-23)37-20-36-28)34(32-26)30(35)19-33-14-12-22(13-15-33)16-21-6-2-1-3-7-21/h1-11,17,22,27H,12-16,18-20H2/t27-/m1/s1. The first-order valence-electron chi connectivity index (χ1n) is 12.9. The number of carbonyl (C=O) groups excluding carboxylic acids is 1. The molecular formula is C30H30FN3O3. The monoisotopic (exact) mass is 499 g/mol. The molecule has 6 rings (SSSR count). The Kier molecular flexibility index (Phi) is 6.62. The minimum atomic E-state index is -0.333. The number of amides is 1. The van der Waals surface area contributed by atoms with Crippen LogP contribution in [0.1, 0.15) is 42.0 Å². The maximum Gasteiger partial charge on any atom is 0.257 e. The van der Waals surface area contributed by atoms with Gasteiger partial charge in [0.15, 0.2) is 11.5 Å². The number of hydrogen-bond donors (Lipinski definition) is 0. The molecule has 3 heterocycles. The van der Waals surface area contributed by atoms with Gasteiger partial charge in [0, 0.05) is 12.0 Å². The van der Waals surface area contributed by atoms with Crippen molar-refractivity contribution in [2.75, 3.05) is 26.4 Å². The molecule has 0 saturated carbocycles. The fourth-order valence-corrected chi connectivity index (χ4v) is 5.54. The third-order valence-corrected chi connectivity index (χ3v) is 7.57. The van der Waals surface area contributed by atoms with Gasteiger partial charge < -0.3 is 9.47 Å². The summed E-state index contributed by atoms with van der Waals surface area (Å²) in [4.78, 5) is 15.8. The summed E-state index contributed by atoms with van der Waals surface area (Å²) in [5.74, 6) is 1.57. The van der Waals surface area contributed by atoms with Crippen molar-refractivity contribution < 1.29 is 18.7 Å². The second kappa shape index (κ2) is 10.3. The third-order valence-electron chi connectivity index (χ3n) is 7.57. The van der Waals surface area contributed by atoms with Crippen LogP contribution in [0, 0.1) is 11.7 Å². The van der Waals surface area contributed by atoms with Crippen molar-refractivity contribution >= 4 is 11.6 Å². The SMILES string of the molecule is O=C(CN1CCC(Cc2ccccc2)CC1)N1N=C(c2ccccc2F)C[C@@H]1c1ccc2c(c1)OCO2. The highest BCUT2D eigenvalue weighted by molar-refractivity contribution is 6.03. The van der Waals surface area contributed by atoms with E-state index in [0.29, 0.717) is 41.7 Å². The highest BCUT2D eigenvalue weighted by Gasteiger charge is 2.35. The van der Waals surface area contributed by atoms with Crippen LogP contribution in [-0.2, 0) is 11.2 Å². The number of fused-ring (bicyclic) bond motifs is 1. The van der Waals surface area contributed by atoms with E-state index in [1.165, 1.54) is 11.6 Å². The van der Waals surface area contributed by atoms with Crippen molar-refractivity contribution in [3.8, 4) is 11.5 Å². The summed E-state index contributed by atoms with van der Waals surface area (Å²) < 4.78 is 25.6. The Morgan fingerprint density at radius 1 is 0.946 bits per heavy atom. The van der Waals surface area contributed by atoms with E-state index in [1.807, 2.05) is 24.3 Å². The van der Waals surface area contributed by atoms with Crippen LogP contribution in [0.5, 0.6) is 11.5 Å². The topological polar surface area (TPSA) is 54.4 Å². The molecule has 3 aromatic rings. The molecule has 0 unspecified atom stereocenters. The van der Waals surface area contributed by atoms with Crippen LogP contribution in [0.25, 0.3) is 0 Å². The van der Waals surface area contributed by atoms with Gasteiger partial charge in [-0.15, -0.1) is 0 Å². The Labute approximate surface area is 216 Å². The molecular weight excluding hydrogens is 469 g/mol. The molecule has 7 heteroatoms. The molecule has 0 bridgehead atoms. The summed E-state index contributed by atoms with van der Waals surface area (Å²) in [7, 11) is 0. The fraction of sp³-hybridized carbons (Fsp3) is 0.333. The summed E-state index contributed by atoms with van der Waals surface area (Å²) in [6, 6.07) is 22.6. The van der Waals surface area contributed by atoms with Gasteiger partial charge in [-0.05, 0) is 67.6 Å². The summed E-state index contributed by atoms with van der Waals surface area (Å²) in [5, 5.41) is 6.22. The number of ether oxygens (including phenoxy) is 2. The summed E-state index contributed by atoms with van der Waals surface area (Å²) >= 11 is 0. The quantitative estimate of drug-likeness (QED) is 0.469. The van der Waals surface area contributed by atoms with Crippen molar-refractivity contribution in [1.82, 2.24) is 9.91 Å². The molecule has 0 spiro atoms. The lowest BCUT2D eigenvalue weighted by molar-refractivity contribution is -0.134. The second-order valence-corrected chi connectivity index (χ2v) is 10.0. The molecule has 1 fully saturated rings. The number of likely N-dealkylation sites (tertiary alicyclic amines) is 1. The molecule has 1 amide bonds. The first-order valence-corrected chi connectivity index (χ1v) is 12.9. The van der Waals surface area contributed by atoms with Gasteiger partial charge >= 0.3 is 0 Å². The molecule has 6 nitrogen and oxygen atoms in total. The summed E-state index contributed by atoms with van der Waals surface area (Å²) in [6.45, 7) is 2.25. The van der Waals surface area contributed by atoms with Crippen molar-refractivity contribution in [2.24, 2.45) is 11.0 Å². The lowest BCUT2D eigenvalue weighted by atomic mass is 9.90. The van der Waals surface area contributed by atoms with E-state index in [0.717, 1.165) is 37.9 Å². The first-order chi connectivity index (χ1) is 18.1. The van der Waals surface area contributed by atoms with E-state index in [4.69, 9.17) is 9.47 Å². The van der Waals surface area contributed by atoms with E-state index >= 15 is 0 Å².